The van der Waals surface area contributed by atoms with Crippen LogP contribution in [0.15, 0.2) is 24.3 Å². The molecule has 3 N–H and O–H groups in total. The average molecular weight is 372 g/mol. The van der Waals surface area contributed by atoms with Crippen molar-refractivity contribution in [1.29, 1.82) is 0 Å². The van der Waals surface area contributed by atoms with Crippen LogP contribution in [0, 0.1) is 33.3 Å². The highest BCUT2D eigenvalue weighted by Crippen LogP contribution is 2.61. The van der Waals surface area contributed by atoms with Gasteiger partial charge in [0.1, 0.15) is 0 Å². The molecule has 5 rings (SSSR count). The zero-order chi connectivity index (χ0) is 19.0. The van der Waals surface area contributed by atoms with Crippen LogP contribution in [-0.4, -0.2) is 16.9 Å². The lowest BCUT2D eigenvalue weighted by molar-refractivity contribution is -0.384. The van der Waals surface area contributed by atoms with Gasteiger partial charge in [0.25, 0.3) is 5.69 Å². The van der Waals surface area contributed by atoms with E-state index in [1.807, 2.05) is 0 Å². The van der Waals surface area contributed by atoms with Gasteiger partial charge in [-0.1, -0.05) is 6.07 Å². The molecule has 144 valence electrons. The smallest absolute Gasteiger partial charge is 0.306 e. The van der Waals surface area contributed by atoms with Crippen LogP contribution in [0.3, 0.4) is 0 Å². The van der Waals surface area contributed by atoms with Crippen molar-refractivity contribution in [2.45, 2.75) is 44.9 Å². The van der Waals surface area contributed by atoms with Gasteiger partial charge in [0.05, 0.1) is 4.92 Å². The minimum Gasteiger partial charge on any atom is -0.306 e. The summed E-state index contributed by atoms with van der Waals surface area (Å²) in [5.74, 6) is 2.14. The number of non-ortho nitro benzene ring substituents is 1. The van der Waals surface area contributed by atoms with Crippen LogP contribution in [0.4, 0.5) is 16.2 Å². The predicted molar refractivity (Wildman–Crippen MR) is 98.6 cm³/mol. The summed E-state index contributed by atoms with van der Waals surface area (Å²) in [6, 6.07) is 5.01. The van der Waals surface area contributed by atoms with Crippen LogP contribution in [-0.2, 0) is 4.79 Å². The minimum absolute atomic E-state index is 0.108. The van der Waals surface area contributed by atoms with Gasteiger partial charge < -0.3 is 5.32 Å². The van der Waals surface area contributed by atoms with Crippen molar-refractivity contribution in [3.05, 3.63) is 34.4 Å². The van der Waals surface area contributed by atoms with Crippen molar-refractivity contribution in [1.82, 2.24) is 10.9 Å². The molecule has 4 saturated carbocycles. The summed E-state index contributed by atoms with van der Waals surface area (Å²) in [7, 11) is 0. The van der Waals surface area contributed by atoms with Gasteiger partial charge in [-0.25, -0.2) is 10.2 Å². The number of nitrogens with one attached hydrogen (secondary N) is 3. The predicted octanol–water partition coefficient (Wildman–Crippen LogP) is 3.35. The van der Waals surface area contributed by atoms with Crippen LogP contribution in [0.5, 0.6) is 0 Å². The Morgan fingerprint density at radius 2 is 1.70 bits per heavy atom. The summed E-state index contributed by atoms with van der Waals surface area (Å²) in [6.07, 6.45) is 7.82. The SMILES string of the molecule is O=C(CC12CC3CC(CC(C3)C1)C2)NNC(=O)Nc1cccc([N+](=O)[O-])c1. The first-order chi connectivity index (χ1) is 12.9. The van der Waals surface area contributed by atoms with E-state index in [9.17, 15) is 19.7 Å². The number of nitrogens with zero attached hydrogens (tertiary/aromatic N) is 1. The molecule has 4 aliphatic rings. The first kappa shape index (κ1) is 17.8. The van der Waals surface area contributed by atoms with Crippen LogP contribution >= 0.6 is 0 Å². The molecule has 1 aromatic rings. The number of carbonyl (C=O) groups excluding carboxylic acids is 2. The molecule has 4 aliphatic carbocycles. The number of benzene rings is 1. The average Bonchev–Trinajstić information content (AvgIpc) is 2.58. The first-order valence-electron chi connectivity index (χ1n) is 9.51. The number of nitro groups is 1. The molecule has 3 amide bonds. The molecular weight excluding hydrogens is 348 g/mol. The Hall–Kier alpha value is -2.64. The first-order valence-corrected chi connectivity index (χ1v) is 9.51. The fraction of sp³-hybridized carbons (Fsp3) is 0.579. The lowest BCUT2D eigenvalue weighted by Gasteiger charge is -2.56. The van der Waals surface area contributed by atoms with Crippen molar-refractivity contribution in [2.75, 3.05) is 5.32 Å². The van der Waals surface area contributed by atoms with Gasteiger partial charge in [-0.05, 0) is 67.8 Å². The Bertz CT molecular complexity index is 743. The third-order valence-corrected chi connectivity index (χ3v) is 6.33. The number of rotatable bonds is 4. The monoisotopic (exact) mass is 372 g/mol. The summed E-state index contributed by atoms with van der Waals surface area (Å²) in [5, 5.41) is 13.3. The molecule has 4 bridgehead atoms. The highest BCUT2D eigenvalue weighted by Gasteiger charge is 2.51. The molecule has 0 spiro atoms. The Labute approximate surface area is 157 Å². The second kappa shape index (κ2) is 6.83. The van der Waals surface area contributed by atoms with Crippen LogP contribution in [0.25, 0.3) is 0 Å². The maximum atomic E-state index is 12.4. The van der Waals surface area contributed by atoms with Crippen molar-refractivity contribution >= 4 is 23.3 Å². The highest BCUT2D eigenvalue weighted by atomic mass is 16.6. The van der Waals surface area contributed by atoms with E-state index in [1.54, 1.807) is 6.07 Å². The van der Waals surface area contributed by atoms with E-state index in [4.69, 9.17) is 0 Å². The summed E-state index contributed by atoms with van der Waals surface area (Å²) in [6.45, 7) is 0. The highest BCUT2D eigenvalue weighted by molar-refractivity contribution is 5.91. The number of hydrogen-bond acceptors (Lipinski definition) is 4. The molecule has 0 heterocycles. The molecule has 0 saturated heterocycles. The van der Waals surface area contributed by atoms with Crippen LogP contribution < -0.4 is 16.2 Å². The van der Waals surface area contributed by atoms with Crippen molar-refractivity contribution in [3.8, 4) is 0 Å². The lowest BCUT2D eigenvalue weighted by Crippen LogP contribution is -2.50. The van der Waals surface area contributed by atoms with Crippen LogP contribution in [0.1, 0.15) is 44.9 Å². The van der Waals surface area contributed by atoms with Gasteiger partial charge in [-0.15, -0.1) is 0 Å². The molecular formula is C19H24N4O4. The molecule has 0 radical (unpaired) electrons. The van der Waals surface area contributed by atoms with Crippen molar-refractivity contribution in [3.63, 3.8) is 0 Å². The number of nitro benzene ring substituents is 1. The van der Waals surface area contributed by atoms with E-state index < -0.39 is 11.0 Å². The van der Waals surface area contributed by atoms with Gasteiger partial charge in [0, 0.05) is 24.2 Å². The molecule has 8 nitrogen and oxygen atoms in total. The maximum Gasteiger partial charge on any atom is 0.337 e. The van der Waals surface area contributed by atoms with E-state index in [2.05, 4.69) is 16.2 Å². The number of urea groups is 1. The Morgan fingerprint density at radius 3 is 2.30 bits per heavy atom. The van der Waals surface area contributed by atoms with Gasteiger partial charge in [-0.2, -0.15) is 0 Å². The van der Waals surface area contributed by atoms with Crippen LogP contribution in [0.2, 0.25) is 0 Å². The van der Waals surface area contributed by atoms with Crippen molar-refractivity contribution in [2.24, 2.45) is 23.2 Å². The number of anilines is 1. The minimum atomic E-state index is -0.630. The summed E-state index contributed by atoms with van der Waals surface area (Å²) >= 11 is 0. The fourth-order valence-corrected chi connectivity index (χ4v) is 5.88. The Morgan fingerprint density at radius 1 is 1.07 bits per heavy atom. The largest absolute Gasteiger partial charge is 0.337 e. The number of carbonyl (C=O) groups is 2. The van der Waals surface area contributed by atoms with E-state index in [-0.39, 0.29) is 22.7 Å². The molecule has 0 aromatic heterocycles. The summed E-state index contributed by atoms with van der Waals surface area (Å²) in [4.78, 5) is 34.6. The number of amides is 3. The van der Waals surface area contributed by atoms with Crippen molar-refractivity contribution < 1.29 is 14.5 Å². The fourth-order valence-electron chi connectivity index (χ4n) is 5.88. The van der Waals surface area contributed by atoms with E-state index in [1.165, 1.54) is 37.5 Å². The maximum absolute atomic E-state index is 12.4. The molecule has 1 aromatic carbocycles. The second-order valence-corrected chi connectivity index (χ2v) is 8.53. The normalized spacial score (nSPS) is 30.6. The van der Waals surface area contributed by atoms with Gasteiger partial charge >= 0.3 is 6.03 Å². The Balaban J connectivity index is 1.27. The van der Waals surface area contributed by atoms with Gasteiger partial charge in [0.15, 0.2) is 0 Å². The Kier molecular flexibility index (Phi) is 4.49. The zero-order valence-electron chi connectivity index (χ0n) is 15.1. The standard InChI is InChI=1S/C19H24N4O4/c24-17(11-19-8-12-4-13(9-19)6-14(5-12)10-19)21-22-18(25)20-15-2-1-3-16(7-15)23(26)27/h1-3,7,12-14H,4-6,8-11H2,(H,21,24)(H2,20,22,25). The summed E-state index contributed by atoms with van der Waals surface area (Å²) < 4.78 is 0. The van der Waals surface area contributed by atoms with Gasteiger partial charge in [0.2, 0.25) is 5.91 Å². The quantitative estimate of drug-likeness (QED) is 0.555. The molecule has 0 unspecified atom stereocenters. The summed E-state index contributed by atoms with van der Waals surface area (Å²) in [5.41, 5.74) is 5.11. The molecule has 8 heteroatoms. The van der Waals surface area contributed by atoms with E-state index in [0.29, 0.717) is 6.42 Å². The number of hydrazine groups is 1. The molecule has 0 aliphatic heterocycles. The second-order valence-electron chi connectivity index (χ2n) is 8.53. The third-order valence-electron chi connectivity index (χ3n) is 6.33. The van der Waals surface area contributed by atoms with E-state index >= 15 is 0 Å². The lowest BCUT2D eigenvalue weighted by atomic mass is 9.49. The molecule has 4 fully saturated rings. The molecule has 0 atom stereocenters. The van der Waals surface area contributed by atoms with E-state index in [0.717, 1.165) is 37.0 Å². The van der Waals surface area contributed by atoms with Gasteiger partial charge in [-0.3, -0.25) is 20.3 Å². The molecule has 27 heavy (non-hydrogen) atoms. The topological polar surface area (TPSA) is 113 Å². The zero-order valence-corrected chi connectivity index (χ0v) is 15.1. The number of hydrogen-bond donors (Lipinski definition) is 3. The third kappa shape index (κ3) is 3.89.